The second-order valence-electron chi connectivity index (χ2n) is 16.8. The molecular weight excluding hydrogens is 524 g/mol. The summed E-state index contributed by atoms with van der Waals surface area (Å²) in [6.45, 7) is 19.1. The van der Waals surface area contributed by atoms with E-state index in [9.17, 15) is 19.8 Å². The van der Waals surface area contributed by atoms with E-state index in [1.165, 1.54) is 18.4 Å². The Hall–Kier alpha value is -2.14. The van der Waals surface area contributed by atoms with Crippen LogP contribution in [0.3, 0.4) is 0 Å². The molecule has 0 spiro atoms. The number of hydrogen-bond donors (Lipinski definition) is 2. The summed E-state index contributed by atoms with van der Waals surface area (Å²) in [6, 6.07) is 7.44. The van der Waals surface area contributed by atoms with Crippen LogP contribution in [0, 0.1) is 56.7 Å². The lowest BCUT2D eigenvalue weighted by Crippen LogP contribution is -2.67. The first kappa shape index (κ1) is 28.6. The molecule has 5 heteroatoms. The second-order valence-corrected chi connectivity index (χ2v) is 16.8. The lowest BCUT2D eigenvalue weighted by Gasteiger charge is -2.72. The summed E-state index contributed by atoms with van der Waals surface area (Å²) in [5.74, 6) is 0.557. The summed E-state index contributed by atoms with van der Waals surface area (Å²) >= 11 is 0. The average Bonchev–Trinajstić information content (AvgIpc) is 3.51. The number of ether oxygens (including phenoxy) is 1. The number of rotatable bonds is 4. The fourth-order valence-electron chi connectivity index (χ4n) is 13.4. The Bertz CT molecular complexity index is 1360. The maximum Gasteiger partial charge on any atom is 0.335 e. The summed E-state index contributed by atoms with van der Waals surface area (Å²) in [5, 5.41) is 20.1. The van der Waals surface area contributed by atoms with Crippen molar-refractivity contribution in [3.8, 4) is 0 Å². The van der Waals surface area contributed by atoms with E-state index in [-0.39, 0.29) is 39.3 Å². The highest BCUT2D eigenvalue weighted by atomic mass is 16.6. The molecule has 0 aromatic heterocycles. The van der Waals surface area contributed by atoms with Gasteiger partial charge in [0.2, 0.25) is 0 Å². The number of epoxide rings is 1. The van der Waals surface area contributed by atoms with Gasteiger partial charge >= 0.3 is 11.9 Å². The first-order valence-electron chi connectivity index (χ1n) is 16.5. The van der Waals surface area contributed by atoms with E-state index in [0.717, 1.165) is 50.5 Å². The van der Waals surface area contributed by atoms with Gasteiger partial charge in [-0.05, 0) is 128 Å². The van der Waals surface area contributed by atoms with Crippen molar-refractivity contribution in [3.63, 3.8) is 0 Å². The Morgan fingerprint density at radius 2 is 1.55 bits per heavy atom. The largest absolute Gasteiger partial charge is 0.481 e. The number of carboxylic acid groups (broad SMARTS) is 2. The minimum atomic E-state index is -0.894. The zero-order chi connectivity index (χ0) is 30.3. The molecule has 1 aliphatic heterocycles. The third kappa shape index (κ3) is 3.15. The maximum absolute atomic E-state index is 12.9. The Labute approximate surface area is 251 Å². The van der Waals surface area contributed by atoms with Gasteiger partial charge in [0.1, 0.15) is 5.60 Å². The number of carboxylic acids is 2. The van der Waals surface area contributed by atoms with E-state index in [2.05, 4.69) is 48.1 Å². The van der Waals surface area contributed by atoms with Gasteiger partial charge in [-0.15, -0.1) is 0 Å². The van der Waals surface area contributed by atoms with Crippen molar-refractivity contribution in [1.82, 2.24) is 0 Å². The van der Waals surface area contributed by atoms with Crippen molar-refractivity contribution in [3.05, 3.63) is 47.5 Å². The summed E-state index contributed by atoms with van der Waals surface area (Å²) in [5.41, 5.74) is 2.01. The zero-order valence-corrected chi connectivity index (χ0v) is 26.5. The van der Waals surface area contributed by atoms with Gasteiger partial charge in [-0.3, -0.25) is 4.79 Å². The van der Waals surface area contributed by atoms with E-state index in [0.29, 0.717) is 29.2 Å². The van der Waals surface area contributed by atoms with E-state index in [4.69, 9.17) is 4.74 Å². The smallest absolute Gasteiger partial charge is 0.335 e. The maximum atomic E-state index is 12.9. The first-order chi connectivity index (χ1) is 19.6. The van der Waals surface area contributed by atoms with Crippen LogP contribution in [0.15, 0.2) is 36.4 Å². The van der Waals surface area contributed by atoms with Gasteiger partial charge < -0.3 is 14.9 Å². The van der Waals surface area contributed by atoms with Crippen molar-refractivity contribution < 1.29 is 24.5 Å². The van der Waals surface area contributed by atoms with Crippen LogP contribution in [0.1, 0.15) is 115 Å². The van der Waals surface area contributed by atoms with Crippen molar-refractivity contribution in [2.75, 3.05) is 0 Å². The van der Waals surface area contributed by atoms with Crippen LogP contribution in [0.2, 0.25) is 0 Å². The number of allylic oxidation sites excluding steroid dienone is 1. The van der Waals surface area contributed by atoms with Gasteiger partial charge in [0.05, 0.1) is 17.1 Å². The van der Waals surface area contributed by atoms with Gasteiger partial charge in [-0.25, -0.2) is 4.79 Å². The molecule has 2 N–H and O–H groups in total. The van der Waals surface area contributed by atoms with Gasteiger partial charge in [-0.1, -0.05) is 58.9 Å². The molecular formula is C37H50O5. The van der Waals surface area contributed by atoms with Gasteiger partial charge in [0.15, 0.2) is 0 Å². The number of benzene rings is 1. The number of hydrogen-bond acceptors (Lipinski definition) is 3. The molecule has 5 aliphatic carbocycles. The van der Waals surface area contributed by atoms with Crippen LogP contribution in [0.5, 0.6) is 0 Å². The van der Waals surface area contributed by atoms with E-state index < -0.39 is 17.4 Å². The Morgan fingerprint density at radius 1 is 0.857 bits per heavy atom. The number of carbonyl (C=O) groups is 2. The topological polar surface area (TPSA) is 87.1 Å². The predicted molar refractivity (Wildman–Crippen MR) is 162 cm³/mol. The quantitative estimate of drug-likeness (QED) is 0.279. The fraction of sp³-hybridized carbons (Fsp3) is 0.730. The third-order valence-corrected chi connectivity index (χ3v) is 15.5. The summed E-state index contributed by atoms with van der Waals surface area (Å²) in [6.07, 6.45) is 9.41. The molecule has 0 radical (unpaired) electrons. The van der Waals surface area contributed by atoms with Gasteiger partial charge in [0.25, 0.3) is 0 Å². The molecule has 1 heterocycles. The fourth-order valence-corrected chi connectivity index (χ4v) is 13.4. The van der Waals surface area contributed by atoms with Crippen molar-refractivity contribution >= 4 is 11.9 Å². The number of aromatic carboxylic acids is 1. The third-order valence-electron chi connectivity index (χ3n) is 15.5. The molecule has 0 unspecified atom stereocenters. The van der Waals surface area contributed by atoms with Crippen molar-refractivity contribution in [1.29, 1.82) is 0 Å². The molecule has 7 rings (SSSR count). The summed E-state index contributed by atoms with van der Waals surface area (Å²) < 4.78 is 6.78. The lowest BCUT2D eigenvalue weighted by molar-refractivity contribution is -0.238. The molecule has 0 bridgehead atoms. The van der Waals surface area contributed by atoms with E-state index in [1.807, 2.05) is 12.1 Å². The first-order valence-corrected chi connectivity index (χ1v) is 16.5. The van der Waals surface area contributed by atoms with E-state index in [1.54, 1.807) is 12.1 Å². The van der Waals surface area contributed by atoms with Gasteiger partial charge in [0, 0.05) is 5.41 Å². The molecule has 5 saturated carbocycles. The molecule has 11 atom stereocenters. The Kier molecular flexibility index (Phi) is 5.81. The van der Waals surface area contributed by atoms with Crippen LogP contribution in [-0.2, 0) is 15.1 Å². The normalized spacial score (nSPS) is 49.9. The highest BCUT2D eigenvalue weighted by molar-refractivity contribution is 5.87. The molecule has 0 amide bonds. The molecule has 1 aromatic rings. The monoisotopic (exact) mass is 574 g/mol. The molecule has 1 saturated heterocycles. The average molecular weight is 575 g/mol. The van der Waals surface area contributed by atoms with Crippen LogP contribution in [0.25, 0.3) is 0 Å². The van der Waals surface area contributed by atoms with E-state index >= 15 is 0 Å². The van der Waals surface area contributed by atoms with Crippen LogP contribution >= 0.6 is 0 Å². The summed E-state index contributed by atoms with van der Waals surface area (Å²) in [7, 11) is 0. The highest BCUT2D eigenvalue weighted by Crippen LogP contribution is 2.81. The number of aliphatic carboxylic acids is 1. The standard InChI is InChI=1S/C37H50O5/c1-21(2)24-14-17-36(31(40)41)19-18-34(6)25(29(24)36)12-13-27-33(5)20-28-37(42-28,23-10-8-22(9-11-23)30(38)39)32(3,4)26(33)15-16-35(27,34)7/h8-11,24-29H,1,12-20H2,2-7H3,(H,38,39)(H,40,41)/t24-,25+,26-,27+,28-,29+,33-,34+,35+,36-,37-/m0/s1. The summed E-state index contributed by atoms with van der Waals surface area (Å²) in [4.78, 5) is 24.5. The van der Waals surface area contributed by atoms with Gasteiger partial charge in [-0.2, -0.15) is 0 Å². The number of fused-ring (bicyclic) bond motifs is 8. The SMILES string of the molecule is C=C(C)[C@@H]1CC[C@]2(C(=O)O)CC[C@]3(C)[C@H](CC[C@@H]4[C@@]5(C)C[C@@H]6O[C@]6(c6ccc(C(=O)O)cc6)C(C)(C)[C@@H]5CC[C@]43C)[C@@H]12. The van der Waals surface area contributed by atoms with Crippen LogP contribution < -0.4 is 0 Å². The minimum Gasteiger partial charge on any atom is -0.481 e. The molecule has 42 heavy (non-hydrogen) atoms. The molecule has 228 valence electrons. The van der Waals surface area contributed by atoms with Crippen molar-refractivity contribution in [2.24, 2.45) is 56.7 Å². The Morgan fingerprint density at radius 3 is 2.17 bits per heavy atom. The zero-order valence-electron chi connectivity index (χ0n) is 26.5. The lowest BCUT2D eigenvalue weighted by atomic mass is 9.31. The molecule has 6 aliphatic rings. The molecule has 6 fully saturated rings. The second kappa shape index (κ2) is 8.52. The van der Waals surface area contributed by atoms with Crippen LogP contribution in [-0.4, -0.2) is 28.3 Å². The molecule has 5 nitrogen and oxygen atoms in total. The minimum absolute atomic E-state index is 0.0873. The highest BCUT2D eigenvalue weighted by Gasteiger charge is 2.79. The van der Waals surface area contributed by atoms with Crippen LogP contribution in [0.4, 0.5) is 0 Å². The Balaban J connectivity index is 1.24. The molecule has 1 aromatic carbocycles. The predicted octanol–water partition coefficient (Wildman–Crippen LogP) is 8.33. The van der Waals surface area contributed by atoms with Crippen molar-refractivity contribution in [2.45, 2.75) is 111 Å².